The summed E-state index contributed by atoms with van der Waals surface area (Å²) < 4.78 is 2.45. The molecule has 0 saturated heterocycles. The van der Waals surface area contributed by atoms with E-state index < -0.39 is 0 Å². The fraction of sp³-hybridized carbons (Fsp3) is 0.167. The monoisotopic (exact) mass is 522 g/mol. The Balaban J connectivity index is 1.25. The number of nitrogens with zero attached hydrogens (tertiary/aromatic N) is 2. The van der Waals surface area contributed by atoms with Crippen molar-refractivity contribution in [1.82, 2.24) is 15.1 Å². The van der Waals surface area contributed by atoms with Crippen molar-refractivity contribution in [2.45, 2.75) is 32.2 Å². The third-order valence-corrected chi connectivity index (χ3v) is 7.91. The predicted molar refractivity (Wildman–Crippen MR) is 150 cm³/mol. The van der Waals surface area contributed by atoms with Crippen LogP contribution in [0.2, 0.25) is 0 Å². The van der Waals surface area contributed by atoms with Crippen LogP contribution in [0.25, 0.3) is 21.3 Å². The summed E-state index contributed by atoms with van der Waals surface area (Å²) in [5.41, 5.74) is 4.44. The molecule has 5 aromatic rings. The Bertz CT molecular complexity index is 1650. The second-order valence-corrected chi connectivity index (χ2v) is 10.6. The zero-order chi connectivity index (χ0) is 26.2. The fourth-order valence-electron chi connectivity index (χ4n) is 4.52. The number of amides is 2. The van der Waals surface area contributed by atoms with Gasteiger partial charge in [0.25, 0.3) is 5.91 Å². The highest BCUT2D eigenvalue weighted by Crippen LogP contribution is 2.42. The number of aromatic nitrogens is 2. The van der Waals surface area contributed by atoms with Gasteiger partial charge in [-0.15, -0.1) is 11.3 Å². The maximum atomic E-state index is 13.1. The van der Waals surface area contributed by atoms with Gasteiger partial charge in [-0.3, -0.25) is 4.79 Å². The molecule has 8 heteroatoms. The van der Waals surface area contributed by atoms with Crippen molar-refractivity contribution < 1.29 is 14.7 Å². The summed E-state index contributed by atoms with van der Waals surface area (Å²) in [4.78, 5) is 26.7. The first-order valence-electron chi connectivity index (χ1n) is 12.5. The average Bonchev–Trinajstić information content (AvgIpc) is 3.51. The molecule has 0 bridgehead atoms. The number of thiophene rings is 1. The quantitative estimate of drug-likeness (QED) is 0.217. The Morgan fingerprint density at radius 1 is 1.03 bits per heavy atom. The molecule has 0 spiro atoms. The summed E-state index contributed by atoms with van der Waals surface area (Å²) in [6.45, 7) is 2.41. The molecule has 2 heterocycles. The highest BCUT2D eigenvalue weighted by atomic mass is 32.1. The van der Waals surface area contributed by atoms with Crippen molar-refractivity contribution in [1.29, 1.82) is 0 Å². The van der Waals surface area contributed by atoms with Crippen LogP contribution in [-0.2, 0) is 6.54 Å². The Kier molecular flexibility index (Phi) is 6.17. The van der Waals surface area contributed by atoms with Crippen molar-refractivity contribution in [3.8, 4) is 17.0 Å². The number of carbonyl (C=O) groups excluding carboxylic acids is 2. The van der Waals surface area contributed by atoms with E-state index in [1.165, 1.54) is 22.1 Å². The van der Waals surface area contributed by atoms with Gasteiger partial charge in [-0.2, -0.15) is 9.78 Å². The molecule has 0 radical (unpaired) electrons. The number of rotatable bonds is 6. The molecular formula is C30H26N4O3S. The molecule has 0 unspecified atom stereocenters. The van der Waals surface area contributed by atoms with Gasteiger partial charge in [-0.1, -0.05) is 42.5 Å². The van der Waals surface area contributed by atoms with Crippen LogP contribution in [-0.4, -0.2) is 26.8 Å². The highest BCUT2D eigenvalue weighted by Gasteiger charge is 2.31. The number of carbonyl (C=O) groups is 2. The lowest BCUT2D eigenvalue weighted by Crippen LogP contribution is -2.30. The van der Waals surface area contributed by atoms with E-state index in [-0.39, 0.29) is 23.6 Å². The number of phenolic OH excluding ortho intramolecular Hbond substituents is 1. The molecule has 6 rings (SSSR count). The van der Waals surface area contributed by atoms with E-state index in [0.29, 0.717) is 28.4 Å². The van der Waals surface area contributed by atoms with Gasteiger partial charge >= 0.3 is 6.03 Å². The van der Waals surface area contributed by atoms with E-state index in [1.54, 1.807) is 12.1 Å². The maximum absolute atomic E-state index is 13.1. The third kappa shape index (κ3) is 4.78. The molecule has 1 aliphatic carbocycles. The molecule has 190 valence electrons. The molecule has 0 atom stereocenters. The zero-order valence-electron chi connectivity index (χ0n) is 20.8. The third-order valence-electron chi connectivity index (χ3n) is 6.80. The number of nitrogens with one attached hydrogen (secondary N) is 2. The number of anilines is 1. The van der Waals surface area contributed by atoms with Gasteiger partial charge in [0.15, 0.2) is 0 Å². The van der Waals surface area contributed by atoms with Crippen molar-refractivity contribution in [3.63, 3.8) is 0 Å². The van der Waals surface area contributed by atoms with Crippen LogP contribution >= 0.6 is 11.3 Å². The number of benzene rings is 3. The van der Waals surface area contributed by atoms with Crippen molar-refractivity contribution in [2.24, 2.45) is 0 Å². The standard InChI is InChI=1S/C30H26N4O3S/c1-18-6-2-3-8-21(18)17-31-30(37)34-25(19-10-11-19)16-24(33-34)23-15-22(12-13-26(23)35)32-29(36)28-14-20-7-4-5-9-27(20)38-28/h2-9,12-16,19,35H,10-11,17H2,1H3,(H,31,37)(H,32,36). The summed E-state index contributed by atoms with van der Waals surface area (Å²) >= 11 is 1.43. The van der Waals surface area contributed by atoms with Crippen molar-refractivity contribution in [3.05, 3.63) is 101 Å². The first kappa shape index (κ1) is 23.9. The SMILES string of the molecule is Cc1ccccc1CNC(=O)n1nc(-c2cc(NC(=O)c3cc4ccccc4s3)ccc2O)cc1C1CC1. The summed E-state index contributed by atoms with van der Waals surface area (Å²) in [6, 6.07) is 24.1. The van der Waals surface area contributed by atoms with Crippen molar-refractivity contribution >= 4 is 39.0 Å². The van der Waals surface area contributed by atoms with Crippen molar-refractivity contribution in [2.75, 3.05) is 5.32 Å². The van der Waals surface area contributed by atoms with Crippen LogP contribution < -0.4 is 10.6 Å². The number of fused-ring (bicyclic) bond motifs is 1. The van der Waals surface area contributed by atoms with E-state index in [1.807, 2.05) is 67.6 Å². The lowest BCUT2D eigenvalue weighted by atomic mass is 10.1. The molecule has 3 N–H and O–H groups in total. The summed E-state index contributed by atoms with van der Waals surface area (Å²) in [7, 11) is 0. The second kappa shape index (κ2) is 9.79. The molecule has 1 aliphatic rings. The number of aromatic hydroxyl groups is 1. The van der Waals surface area contributed by atoms with E-state index in [0.717, 1.165) is 39.7 Å². The van der Waals surface area contributed by atoms with Gasteiger partial charge < -0.3 is 15.7 Å². The minimum absolute atomic E-state index is 0.0252. The first-order valence-corrected chi connectivity index (χ1v) is 13.3. The van der Waals surface area contributed by atoms with Gasteiger partial charge in [0.05, 0.1) is 16.3 Å². The van der Waals surface area contributed by atoms with Gasteiger partial charge in [0.1, 0.15) is 5.75 Å². The molecular weight excluding hydrogens is 496 g/mol. The number of hydrogen-bond acceptors (Lipinski definition) is 5. The summed E-state index contributed by atoms with van der Waals surface area (Å²) in [6.07, 6.45) is 1.99. The zero-order valence-corrected chi connectivity index (χ0v) is 21.6. The van der Waals surface area contributed by atoms with Crippen LogP contribution in [0, 0.1) is 6.92 Å². The normalized spacial score (nSPS) is 13.0. The van der Waals surface area contributed by atoms with E-state index >= 15 is 0 Å². The fourth-order valence-corrected chi connectivity index (χ4v) is 5.48. The van der Waals surface area contributed by atoms with Crippen LogP contribution in [0.5, 0.6) is 5.75 Å². The molecule has 7 nitrogen and oxygen atoms in total. The maximum Gasteiger partial charge on any atom is 0.342 e. The largest absolute Gasteiger partial charge is 0.507 e. The van der Waals surface area contributed by atoms with E-state index in [2.05, 4.69) is 15.7 Å². The number of aryl methyl sites for hydroxylation is 1. The minimum Gasteiger partial charge on any atom is -0.507 e. The average molecular weight is 523 g/mol. The topological polar surface area (TPSA) is 96.3 Å². The smallest absolute Gasteiger partial charge is 0.342 e. The molecule has 1 saturated carbocycles. The highest BCUT2D eigenvalue weighted by molar-refractivity contribution is 7.20. The molecule has 1 fully saturated rings. The number of hydrogen-bond donors (Lipinski definition) is 3. The molecule has 2 aromatic heterocycles. The van der Waals surface area contributed by atoms with Gasteiger partial charge in [0.2, 0.25) is 0 Å². The minimum atomic E-state index is -0.310. The lowest BCUT2D eigenvalue weighted by molar-refractivity contribution is 0.103. The molecule has 38 heavy (non-hydrogen) atoms. The Morgan fingerprint density at radius 3 is 2.61 bits per heavy atom. The van der Waals surface area contributed by atoms with Gasteiger partial charge in [-0.25, -0.2) is 4.79 Å². The summed E-state index contributed by atoms with van der Waals surface area (Å²) in [5.74, 6) is 0.0678. The van der Waals surface area contributed by atoms with E-state index in [4.69, 9.17) is 0 Å². The van der Waals surface area contributed by atoms with Crippen LogP contribution in [0.15, 0.2) is 78.9 Å². The molecule has 0 aliphatic heterocycles. The Hall–Kier alpha value is -4.43. The predicted octanol–water partition coefficient (Wildman–Crippen LogP) is 6.67. The summed E-state index contributed by atoms with van der Waals surface area (Å²) in [5, 5.41) is 22.1. The molecule has 2 amide bonds. The number of phenols is 1. The Morgan fingerprint density at radius 2 is 1.82 bits per heavy atom. The van der Waals surface area contributed by atoms with Gasteiger partial charge in [0, 0.05) is 28.4 Å². The van der Waals surface area contributed by atoms with Crippen LogP contribution in [0.3, 0.4) is 0 Å². The van der Waals surface area contributed by atoms with E-state index in [9.17, 15) is 14.7 Å². The Labute approximate surface area is 223 Å². The van der Waals surface area contributed by atoms with Gasteiger partial charge in [-0.05, 0) is 72.7 Å². The molecule has 3 aromatic carbocycles. The second-order valence-electron chi connectivity index (χ2n) is 9.56. The van der Waals surface area contributed by atoms with Crippen LogP contribution in [0.1, 0.15) is 45.3 Å². The first-order chi connectivity index (χ1) is 18.5. The van der Waals surface area contributed by atoms with Crippen LogP contribution in [0.4, 0.5) is 10.5 Å². The lowest BCUT2D eigenvalue weighted by Gasteiger charge is -2.10.